The van der Waals surface area contributed by atoms with E-state index < -0.39 is 71.2 Å². The van der Waals surface area contributed by atoms with Gasteiger partial charge in [0.1, 0.15) is 0 Å². The average molecular weight is 622 g/mol. The number of nitrogens with two attached hydrogens (primary N) is 2. The van der Waals surface area contributed by atoms with Crippen molar-refractivity contribution in [1.82, 2.24) is 35.5 Å². The molecule has 0 radical (unpaired) electrons. The van der Waals surface area contributed by atoms with Gasteiger partial charge in [-0.1, -0.05) is 0 Å². The summed E-state index contributed by atoms with van der Waals surface area (Å²) in [5, 5.41) is 11.8. The molecule has 0 aliphatic carbocycles. The van der Waals surface area contributed by atoms with Gasteiger partial charge in [0.05, 0.1) is 0 Å². The van der Waals surface area contributed by atoms with Crippen LogP contribution in [0, 0.1) is 6.92 Å². The summed E-state index contributed by atoms with van der Waals surface area (Å²) in [7, 11) is -4.29. The van der Waals surface area contributed by atoms with Gasteiger partial charge in [0.2, 0.25) is 0 Å². The van der Waals surface area contributed by atoms with E-state index in [0.717, 1.165) is 0 Å². The molecular formula is C21H37N9O9P2. The molecule has 18 nitrogen and oxygen atoms in total. The number of carbonyl (C=O) groups is 1. The number of ether oxygens (including phenoxy) is 2. The molecule has 1 aromatic rings. The van der Waals surface area contributed by atoms with Crippen LogP contribution in [-0.2, 0) is 23.3 Å². The van der Waals surface area contributed by atoms with Crippen molar-refractivity contribution in [3.63, 3.8) is 0 Å². The molecule has 1 amide bonds. The Kier molecular flexibility index (Phi) is 8.99. The SMILES string of the molecule is Cc1cn([C@H]2CC(N)[C@@H](CO[PH](C)(O)NC3C[C@H](N4CNC5=C4NC(N)NC5=O)O[C@@H]3COPO)O2)c(=O)[nH]c1=O. The molecule has 4 unspecified atom stereocenters. The fraction of sp³-hybridized carbons (Fsp3) is 0.667. The van der Waals surface area contributed by atoms with E-state index in [1.165, 1.54) is 10.8 Å². The third-order valence-corrected chi connectivity index (χ3v) is 9.30. The Morgan fingerprint density at radius 3 is 2.68 bits per heavy atom. The second kappa shape index (κ2) is 12.2. The Labute approximate surface area is 236 Å². The molecule has 8 atom stereocenters. The Morgan fingerprint density at radius 1 is 1.17 bits per heavy atom. The second-order valence-corrected chi connectivity index (χ2v) is 13.5. The Bertz CT molecular complexity index is 1290. The van der Waals surface area contributed by atoms with E-state index >= 15 is 0 Å². The van der Waals surface area contributed by atoms with E-state index in [-0.39, 0.29) is 19.1 Å². The summed E-state index contributed by atoms with van der Waals surface area (Å²) >= 11 is 0. The zero-order chi connectivity index (χ0) is 29.5. The Balaban J connectivity index is 1.21. The first kappa shape index (κ1) is 30.3. The minimum atomic E-state index is -3.54. The molecule has 0 bridgehead atoms. The quantitative estimate of drug-likeness (QED) is 0.114. The standard InChI is InChI=1S/C21H37N9O9P2/c1-9-5-29(21(33)27-18(9)31)14-3-10(22)12(38-14)7-37-41(2,35)28-11-4-15(39-13(11)6-36-40-34)30-8-24-16-17(30)25-20(23)26-19(16)32/h5,10-15,20,24-25,28,34-35,40-41H,3-4,6-8,22-23H2,1-2H3,(H,26,32)(H,27,31,33)/t10?,11?,12-,13-,14-,15-,20?/m1/s1. The predicted octanol–water partition coefficient (Wildman–Crippen LogP) is -3.82. The monoisotopic (exact) mass is 621 g/mol. The zero-order valence-electron chi connectivity index (χ0n) is 22.5. The van der Waals surface area contributed by atoms with Gasteiger partial charge < -0.3 is 0 Å². The molecule has 0 spiro atoms. The van der Waals surface area contributed by atoms with Crippen LogP contribution in [0.3, 0.4) is 0 Å². The van der Waals surface area contributed by atoms with Gasteiger partial charge in [0, 0.05) is 0 Å². The van der Waals surface area contributed by atoms with Gasteiger partial charge in [0.15, 0.2) is 0 Å². The third kappa shape index (κ3) is 6.58. The molecule has 4 aliphatic heterocycles. The second-order valence-electron chi connectivity index (χ2n) is 10.4. The first-order chi connectivity index (χ1) is 19.5. The summed E-state index contributed by atoms with van der Waals surface area (Å²) in [6.07, 6.45) is -0.995. The van der Waals surface area contributed by atoms with Crippen LogP contribution >= 0.6 is 16.9 Å². The summed E-state index contributed by atoms with van der Waals surface area (Å²) in [6, 6.07) is -0.908. The maximum atomic E-state index is 12.3. The minimum absolute atomic E-state index is 0.0413. The molecule has 11 N–H and O–H groups in total. The van der Waals surface area contributed by atoms with E-state index in [4.69, 9.17) is 30.0 Å². The Morgan fingerprint density at radius 2 is 1.93 bits per heavy atom. The van der Waals surface area contributed by atoms with Crippen LogP contribution < -0.4 is 43.8 Å². The number of H-pyrrole nitrogens is 1. The number of aromatic nitrogens is 2. The fourth-order valence-electron chi connectivity index (χ4n) is 5.32. The Hall–Kier alpha value is -2.21. The van der Waals surface area contributed by atoms with Gasteiger partial charge in [0.25, 0.3) is 0 Å². The predicted molar refractivity (Wildman–Crippen MR) is 148 cm³/mol. The van der Waals surface area contributed by atoms with Gasteiger partial charge >= 0.3 is 236 Å². The molecule has 20 heteroatoms. The van der Waals surface area contributed by atoms with Crippen molar-refractivity contribution in [3.05, 3.63) is 44.1 Å². The first-order valence-electron chi connectivity index (χ1n) is 13.1. The summed E-state index contributed by atoms with van der Waals surface area (Å²) in [5.41, 5.74) is 11.8. The van der Waals surface area contributed by atoms with Crippen LogP contribution in [0.15, 0.2) is 27.3 Å². The van der Waals surface area contributed by atoms with Gasteiger partial charge in [-0.2, -0.15) is 0 Å². The number of aryl methyl sites for hydroxylation is 1. The van der Waals surface area contributed by atoms with Crippen LogP contribution in [0.2, 0.25) is 0 Å². The number of aromatic amines is 1. The molecule has 2 fully saturated rings. The van der Waals surface area contributed by atoms with Gasteiger partial charge in [-0.15, -0.1) is 0 Å². The van der Waals surface area contributed by atoms with Gasteiger partial charge in [-0.25, -0.2) is 0 Å². The van der Waals surface area contributed by atoms with Crippen molar-refractivity contribution < 1.29 is 33.1 Å². The van der Waals surface area contributed by atoms with Crippen molar-refractivity contribution in [2.45, 2.75) is 62.8 Å². The summed E-state index contributed by atoms with van der Waals surface area (Å²) in [5.74, 6) is 0.177. The number of nitrogens with one attached hydrogen (secondary N) is 5. The average Bonchev–Trinajstić information content (AvgIpc) is 3.60. The van der Waals surface area contributed by atoms with Crippen LogP contribution in [0.4, 0.5) is 0 Å². The van der Waals surface area contributed by atoms with Crippen LogP contribution in [0.1, 0.15) is 24.6 Å². The van der Waals surface area contributed by atoms with Crippen molar-refractivity contribution in [3.8, 4) is 0 Å². The van der Waals surface area contributed by atoms with Crippen molar-refractivity contribution in [2.24, 2.45) is 11.5 Å². The molecule has 4 aliphatic rings. The van der Waals surface area contributed by atoms with Crippen LogP contribution in [-0.4, -0.2) is 93.5 Å². The van der Waals surface area contributed by atoms with E-state index in [0.29, 0.717) is 36.6 Å². The number of rotatable bonds is 10. The summed E-state index contributed by atoms with van der Waals surface area (Å²) in [4.78, 5) is 60.8. The first-order valence-corrected chi connectivity index (χ1v) is 16.3. The molecule has 230 valence electrons. The normalized spacial score (nSPS) is 32.4. The van der Waals surface area contributed by atoms with Crippen molar-refractivity contribution >= 4 is 22.8 Å². The van der Waals surface area contributed by atoms with Gasteiger partial charge in [-0.05, 0) is 0 Å². The molecule has 41 heavy (non-hydrogen) atoms. The molecule has 2 saturated heterocycles. The maximum absolute atomic E-state index is 12.3. The van der Waals surface area contributed by atoms with Crippen molar-refractivity contribution in [2.75, 3.05) is 26.5 Å². The molecule has 5 heterocycles. The molecule has 0 saturated carbocycles. The van der Waals surface area contributed by atoms with Crippen molar-refractivity contribution in [1.29, 1.82) is 0 Å². The summed E-state index contributed by atoms with van der Waals surface area (Å²) < 4.78 is 24.6. The van der Waals surface area contributed by atoms with Gasteiger partial charge in [-0.3, -0.25) is 0 Å². The van der Waals surface area contributed by atoms with E-state index in [1.54, 1.807) is 13.6 Å². The zero-order valence-corrected chi connectivity index (χ0v) is 24.5. The van der Waals surface area contributed by atoms with E-state index in [2.05, 4.69) is 26.0 Å². The summed E-state index contributed by atoms with van der Waals surface area (Å²) in [6.45, 7) is 3.46. The van der Waals surface area contributed by atoms with E-state index in [1.807, 2.05) is 4.90 Å². The number of nitrogens with zero attached hydrogens (tertiary/aromatic N) is 2. The number of amides is 1. The topological polar surface area (TPSA) is 253 Å². The number of carbonyl (C=O) groups excluding carboxylic acids is 1. The number of hydrogen-bond donors (Lipinski definition) is 9. The van der Waals surface area contributed by atoms with E-state index in [9.17, 15) is 24.2 Å². The molecule has 0 aromatic carbocycles. The fourth-order valence-corrected chi connectivity index (χ4v) is 7.12. The third-order valence-electron chi connectivity index (χ3n) is 7.37. The van der Waals surface area contributed by atoms with Crippen LogP contribution in [0.25, 0.3) is 0 Å². The molecule has 1 aromatic heterocycles. The van der Waals surface area contributed by atoms with Crippen LogP contribution in [0.5, 0.6) is 0 Å². The number of hydrogen-bond acceptors (Lipinski definition) is 15. The molecular weight excluding hydrogens is 584 g/mol. The molecule has 5 rings (SSSR count).